The molecule has 3 rings (SSSR count). The van der Waals surface area contributed by atoms with E-state index in [9.17, 15) is 14.4 Å². The minimum Gasteiger partial charge on any atom is -0.481 e. The van der Waals surface area contributed by atoms with Gasteiger partial charge in [0, 0.05) is 12.3 Å². The number of carboxylic acids is 1. The summed E-state index contributed by atoms with van der Waals surface area (Å²) in [5, 5.41) is 11.8. The Bertz CT molecular complexity index is 452. The molecule has 2 amide bonds. The van der Waals surface area contributed by atoms with E-state index in [2.05, 4.69) is 5.32 Å². The summed E-state index contributed by atoms with van der Waals surface area (Å²) < 4.78 is 0. The Morgan fingerprint density at radius 3 is 2.60 bits per heavy atom. The summed E-state index contributed by atoms with van der Waals surface area (Å²) >= 11 is 1.55. The molecule has 2 N–H and O–H groups in total. The van der Waals surface area contributed by atoms with Crippen LogP contribution >= 0.6 is 11.8 Å². The van der Waals surface area contributed by atoms with Gasteiger partial charge < -0.3 is 15.3 Å². The fourth-order valence-corrected chi connectivity index (χ4v) is 3.68. The molecule has 3 aliphatic rings. The van der Waals surface area contributed by atoms with Gasteiger partial charge in [0.05, 0.1) is 17.7 Å². The first-order chi connectivity index (χ1) is 9.58. The van der Waals surface area contributed by atoms with Crippen LogP contribution in [0.25, 0.3) is 0 Å². The third-order valence-corrected chi connectivity index (χ3v) is 5.17. The highest BCUT2D eigenvalue weighted by Gasteiger charge is 2.52. The van der Waals surface area contributed by atoms with Gasteiger partial charge in [0.25, 0.3) is 0 Å². The molecule has 0 aromatic heterocycles. The van der Waals surface area contributed by atoms with Gasteiger partial charge in [0.2, 0.25) is 11.8 Å². The van der Waals surface area contributed by atoms with E-state index in [0.717, 1.165) is 0 Å². The van der Waals surface area contributed by atoms with Crippen LogP contribution in [0.15, 0.2) is 0 Å². The summed E-state index contributed by atoms with van der Waals surface area (Å²) in [5.41, 5.74) is 0. The Balaban J connectivity index is 1.56. The normalized spacial score (nSPS) is 32.0. The number of hydrogen-bond donors (Lipinski definition) is 2. The predicted octanol–water partition coefficient (Wildman–Crippen LogP) is 0.135. The van der Waals surface area contributed by atoms with Gasteiger partial charge in [-0.25, -0.2) is 0 Å². The first kappa shape index (κ1) is 13.7. The maximum Gasteiger partial charge on any atom is 0.307 e. The molecule has 0 spiro atoms. The summed E-state index contributed by atoms with van der Waals surface area (Å²) in [4.78, 5) is 36.8. The van der Waals surface area contributed by atoms with Crippen molar-refractivity contribution in [3.8, 4) is 0 Å². The molecule has 1 aliphatic heterocycles. The zero-order valence-corrected chi connectivity index (χ0v) is 11.9. The molecular weight excluding hydrogens is 280 g/mol. The fourth-order valence-electron chi connectivity index (χ4n) is 2.52. The number of nitrogens with one attached hydrogen (secondary N) is 1. The van der Waals surface area contributed by atoms with Crippen LogP contribution in [0.3, 0.4) is 0 Å². The second kappa shape index (κ2) is 5.27. The number of hydrogen-bond acceptors (Lipinski definition) is 4. The SMILES string of the molecule is O=C(O)C1CC1C(=O)N1CSCC1C(=O)NCC1CC1. The molecule has 2 saturated carbocycles. The van der Waals surface area contributed by atoms with Crippen LogP contribution in [0.5, 0.6) is 0 Å². The Kier molecular flexibility index (Phi) is 3.62. The number of carbonyl (C=O) groups is 3. The first-order valence-corrected chi connectivity index (χ1v) is 8.12. The Labute approximate surface area is 121 Å². The van der Waals surface area contributed by atoms with Crippen LogP contribution in [0.4, 0.5) is 0 Å². The van der Waals surface area contributed by atoms with E-state index in [1.54, 1.807) is 16.7 Å². The van der Waals surface area contributed by atoms with Crippen LogP contribution in [0, 0.1) is 17.8 Å². The van der Waals surface area contributed by atoms with Crippen molar-refractivity contribution in [2.45, 2.75) is 25.3 Å². The van der Waals surface area contributed by atoms with Crippen molar-refractivity contribution < 1.29 is 19.5 Å². The van der Waals surface area contributed by atoms with Gasteiger partial charge in [-0.05, 0) is 25.2 Å². The highest BCUT2D eigenvalue weighted by molar-refractivity contribution is 7.99. The molecule has 3 fully saturated rings. The Morgan fingerprint density at radius 1 is 1.25 bits per heavy atom. The summed E-state index contributed by atoms with van der Waals surface area (Å²) in [6.07, 6.45) is 2.75. The van der Waals surface area contributed by atoms with Crippen molar-refractivity contribution in [2.75, 3.05) is 18.2 Å². The van der Waals surface area contributed by atoms with Crippen molar-refractivity contribution in [1.29, 1.82) is 0 Å². The molecule has 1 heterocycles. The molecule has 0 aromatic rings. The highest BCUT2D eigenvalue weighted by Crippen LogP contribution is 2.41. The summed E-state index contributed by atoms with van der Waals surface area (Å²) in [5.74, 6) is -0.456. The number of rotatable bonds is 5. The van der Waals surface area contributed by atoms with Crippen molar-refractivity contribution in [3.63, 3.8) is 0 Å². The standard InChI is InChI=1S/C13H18N2O4S/c16-11(14-4-7-1-2-7)10-5-20-6-15(10)12(17)8-3-9(8)13(18)19/h7-10H,1-6H2,(H,14,16)(H,18,19). The summed E-state index contributed by atoms with van der Waals surface area (Å²) in [6.45, 7) is 0.698. The Morgan fingerprint density at radius 2 is 2.00 bits per heavy atom. The third-order valence-electron chi connectivity index (χ3n) is 4.15. The zero-order valence-electron chi connectivity index (χ0n) is 11.1. The van der Waals surface area contributed by atoms with Gasteiger partial charge in [0.15, 0.2) is 0 Å². The predicted molar refractivity (Wildman–Crippen MR) is 72.9 cm³/mol. The summed E-state index contributed by atoms with van der Waals surface area (Å²) in [7, 11) is 0. The number of nitrogens with zero attached hydrogens (tertiary/aromatic N) is 1. The maximum absolute atomic E-state index is 12.3. The van der Waals surface area contributed by atoms with E-state index in [1.807, 2.05) is 0 Å². The van der Waals surface area contributed by atoms with E-state index < -0.39 is 23.8 Å². The van der Waals surface area contributed by atoms with Crippen LogP contribution in [-0.2, 0) is 14.4 Å². The van der Waals surface area contributed by atoms with Gasteiger partial charge in [-0.15, -0.1) is 11.8 Å². The molecule has 6 nitrogen and oxygen atoms in total. The lowest BCUT2D eigenvalue weighted by Gasteiger charge is -2.23. The molecule has 0 aromatic carbocycles. The van der Waals surface area contributed by atoms with E-state index >= 15 is 0 Å². The molecule has 0 radical (unpaired) electrons. The maximum atomic E-state index is 12.3. The van der Waals surface area contributed by atoms with E-state index in [0.29, 0.717) is 30.5 Å². The van der Waals surface area contributed by atoms with Crippen molar-refractivity contribution >= 4 is 29.5 Å². The Hall–Kier alpha value is -1.24. The lowest BCUT2D eigenvalue weighted by Crippen LogP contribution is -2.48. The third kappa shape index (κ3) is 2.77. The smallest absolute Gasteiger partial charge is 0.307 e. The molecule has 1 saturated heterocycles. The van der Waals surface area contributed by atoms with Crippen molar-refractivity contribution in [2.24, 2.45) is 17.8 Å². The van der Waals surface area contributed by atoms with E-state index in [1.165, 1.54) is 12.8 Å². The van der Waals surface area contributed by atoms with Gasteiger partial charge >= 0.3 is 5.97 Å². The second-order valence-corrected chi connectivity index (χ2v) is 6.80. The average Bonchev–Trinajstić information content (AvgIpc) is 3.32. The summed E-state index contributed by atoms with van der Waals surface area (Å²) in [6, 6.07) is -0.429. The molecule has 0 bridgehead atoms. The monoisotopic (exact) mass is 298 g/mol. The molecule has 2 aliphatic carbocycles. The molecule has 110 valence electrons. The number of amides is 2. The lowest BCUT2D eigenvalue weighted by molar-refractivity contribution is -0.143. The molecule has 3 atom stereocenters. The van der Waals surface area contributed by atoms with Gasteiger partial charge in [-0.3, -0.25) is 14.4 Å². The molecule has 20 heavy (non-hydrogen) atoms. The lowest BCUT2D eigenvalue weighted by atomic mass is 10.2. The van der Waals surface area contributed by atoms with Crippen LogP contribution < -0.4 is 5.32 Å². The average molecular weight is 298 g/mol. The number of carboxylic acid groups (broad SMARTS) is 1. The first-order valence-electron chi connectivity index (χ1n) is 6.96. The zero-order chi connectivity index (χ0) is 14.3. The van der Waals surface area contributed by atoms with Crippen LogP contribution in [0.2, 0.25) is 0 Å². The quantitative estimate of drug-likeness (QED) is 0.753. The minimum absolute atomic E-state index is 0.0947. The molecule has 3 unspecified atom stereocenters. The number of aliphatic carboxylic acids is 1. The van der Waals surface area contributed by atoms with Gasteiger partial charge in [0.1, 0.15) is 6.04 Å². The fraction of sp³-hybridized carbons (Fsp3) is 0.769. The van der Waals surface area contributed by atoms with E-state index in [-0.39, 0.29) is 11.8 Å². The number of carbonyl (C=O) groups excluding carboxylic acids is 2. The van der Waals surface area contributed by atoms with Gasteiger partial charge in [-0.2, -0.15) is 0 Å². The van der Waals surface area contributed by atoms with Crippen molar-refractivity contribution in [3.05, 3.63) is 0 Å². The van der Waals surface area contributed by atoms with Crippen LogP contribution in [0.1, 0.15) is 19.3 Å². The topological polar surface area (TPSA) is 86.7 Å². The van der Waals surface area contributed by atoms with Crippen molar-refractivity contribution in [1.82, 2.24) is 10.2 Å². The largest absolute Gasteiger partial charge is 0.481 e. The minimum atomic E-state index is -0.912. The second-order valence-electron chi connectivity index (χ2n) is 5.80. The number of thioether (sulfide) groups is 1. The highest BCUT2D eigenvalue weighted by atomic mass is 32.2. The molecule has 7 heteroatoms. The van der Waals surface area contributed by atoms with E-state index in [4.69, 9.17) is 5.11 Å². The van der Waals surface area contributed by atoms with Crippen LogP contribution in [-0.4, -0.2) is 52.0 Å². The molecular formula is C13H18N2O4S. The van der Waals surface area contributed by atoms with Gasteiger partial charge in [-0.1, -0.05) is 0 Å².